The quantitative estimate of drug-likeness (QED) is 0.887. The summed E-state index contributed by atoms with van der Waals surface area (Å²) in [6.07, 6.45) is 1.21. The maximum atomic E-state index is 12.4. The Morgan fingerprint density at radius 1 is 1.22 bits per heavy atom. The predicted octanol–water partition coefficient (Wildman–Crippen LogP) is 3.90. The van der Waals surface area contributed by atoms with Gasteiger partial charge in [-0.25, -0.2) is 0 Å². The molecular formula is C18H16BrNO3. The summed E-state index contributed by atoms with van der Waals surface area (Å²) in [6, 6.07) is 15.6. The summed E-state index contributed by atoms with van der Waals surface area (Å²) < 4.78 is 12.8. The highest BCUT2D eigenvalue weighted by atomic mass is 79.9. The van der Waals surface area contributed by atoms with Crippen LogP contribution in [0, 0.1) is 0 Å². The molecule has 1 heterocycles. The van der Waals surface area contributed by atoms with E-state index in [1.165, 1.54) is 0 Å². The van der Waals surface area contributed by atoms with Crippen LogP contribution in [0.3, 0.4) is 0 Å². The fourth-order valence-electron chi connectivity index (χ4n) is 3.03. The Labute approximate surface area is 142 Å². The summed E-state index contributed by atoms with van der Waals surface area (Å²) in [7, 11) is 0. The zero-order chi connectivity index (χ0) is 15.9. The summed E-state index contributed by atoms with van der Waals surface area (Å²) in [5, 5.41) is 2.93. The molecule has 1 saturated carbocycles. The Bertz CT molecular complexity index is 741. The van der Waals surface area contributed by atoms with E-state index >= 15 is 0 Å². The maximum Gasteiger partial charge on any atom is 0.268 e. The fourth-order valence-corrected chi connectivity index (χ4v) is 3.37. The Balaban J connectivity index is 1.41. The Morgan fingerprint density at radius 3 is 2.78 bits per heavy atom. The van der Waals surface area contributed by atoms with Gasteiger partial charge in [0.25, 0.3) is 5.91 Å². The predicted molar refractivity (Wildman–Crippen MR) is 90.4 cm³/mol. The number of hydrogen-bond donors (Lipinski definition) is 1. The SMILES string of the molecule is O=C1Nc2ccc(Br)cc2OC12CC(OCc1ccccc1)C2. The van der Waals surface area contributed by atoms with Crippen LogP contribution >= 0.6 is 15.9 Å². The number of ether oxygens (including phenoxy) is 2. The molecule has 0 aromatic heterocycles. The van der Waals surface area contributed by atoms with Crippen LogP contribution in [0.4, 0.5) is 5.69 Å². The lowest BCUT2D eigenvalue weighted by Gasteiger charge is -2.47. The summed E-state index contributed by atoms with van der Waals surface area (Å²) in [5.41, 5.74) is 1.07. The standard InChI is InChI=1S/C18H16BrNO3/c19-13-6-7-15-16(8-13)23-18(17(21)20-15)9-14(10-18)22-11-12-4-2-1-3-5-12/h1-8,14H,9-11H2,(H,20,21). The largest absolute Gasteiger partial charge is 0.475 e. The van der Waals surface area contributed by atoms with Gasteiger partial charge in [0.2, 0.25) is 0 Å². The van der Waals surface area contributed by atoms with Gasteiger partial charge in [-0.2, -0.15) is 0 Å². The van der Waals surface area contributed by atoms with Crippen molar-refractivity contribution in [2.45, 2.75) is 31.2 Å². The van der Waals surface area contributed by atoms with Crippen LogP contribution in [0.5, 0.6) is 5.75 Å². The number of anilines is 1. The molecule has 0 radical (unpaired) electrons. The number of rotatable bonds is 3. The van der Waals surface area contributed by atoms with Gasteiger partial charge in [-0.3, -0.25) is 4.79 Å². The first-order valence-corrected chi connectivity index (χ1v) is 8.39. The summed E-state index contributed by atoms with van der Waals surface area (Å²) >= 11 is 3.43. The Morgan fingerprint density at radius 2 is 2.00 bits per heavy atom. The van der Waals surface area contributed by atoms with E-state index in [1.807, 2.05) is 48.5 Å². The molecule has 0 bridgehead atoms. The van der Waals surface area contributed by atoms with Crippen LogP contribution in [0.25, 0.3) is 0 Å². The normalized spacial score (nSPS) is 25.3. The van der Waals surface area contributed by atoms with E-state index in [0.717, 1.165) is 15.7 Å². The number of hydrogen-bond acceptors (Lipinski definition) is 3. The van der Waals surface area contributed by atoms with Gasteiger partial charge in [0.1, 0.15) is 5.75 Å². The van der Waals surface area contributed by atoms with E-state index in [-0.39, 0.29) is 12.0 Å². The Hall–Kier alpha value is -1.85. The Kier molecular flexibility index (Phi) is 3.62. The molecule has 4 rings (SSSR count). The van der Waals surface area contributed by atoms with Gasteiger partial charge in [-0.15, -0.1) is 0 Å². The van der Waals surface area contributed by atoms with Crippen molar-refractivity contribution >= 4 is 27.5 Å². The minimum atomic E-state index is -0.783. The molecule has 2 aliphatic rings. The lowest BCUT2D eigenvalue weighted by molar-refractivity contribution is -0.162. The molecule has 1 spiro atoms. The third kappa shape index (κ3) is 2.75. The molecule has 1 aliphatic carbocycles. The number of carbonyl (C=O) groups is 1. The monoisotopic (exact) mass is 373 g/mol. The molecule has 0 atom stereocenters. The van der Waals surface area contributed by atoms with E-state index in [0.29, 0.717) is 25.2 Å². The van der Waals surface area contributed by atoms with Crippen LogP contribution in [-0.4, -0.2) is 17.6 Å². The third-order valence-corrected chi connectivity index (χ3v) is 4.85. The van der Waals surface area contributed by atoms with Crippen LogP contribution in [0.2, 0.25) is 0 Å². The smallest absolute Gasteiger partial charge is 0.268 e. The van der Waals surface area contributed by atoms with E-state index in [4.69, 9.17) is 9.47 Å². The van der Waals surface area contributed by atoms with Crippen molar-refractivity contribution in [2.75, 3.05) is 5.32 Å². The topological polar surface area (TPSA) is 47.6 Å². The van der Waals surface area contributed by atoms with Crippen LogP contribution in [-0.2, 0) is 16.1 Å². The molecular weight excluding hydrogens is 358 g/mol. The highest BCUT2D eigenvalue weighted by Gasteiger charge is 2.55. The zero-order valence-corrected chi connectivity index (χ0v) is 14.0. The summed E-state index contributed by atoms with van der Waals surface area (Å²) in [4.78, 5) is 12.4. The molecule has 1 amide bonds. The van der Waals surface area contributed by atoms with Crippen molar-refractivity contribution < 1.29 is 14.3 Å². The van der Waals surface area contributed by atoms with Crippen molar-refractivity contribution in [1.29, 1.82) is 0 Å². The molecule has 5 heteroatoms. The fraction of sp³-hybridized carbons (Fsp3) is 0.278. The van der Waals surface area contributed by atoms with E-state index in [1.54, 1.807) is 0 Å². The molecule has 2 aromatic carbocycles. The molecule has 1 aliphatic heterocycles. The van der Waals surface area contributed by atoms with Gasteiger partial charge >= 0.3 is 0 Å². The second-order valence-electron chi connectivity index (χ2n) is 6.02. The van der Waals surface area contributed by atoms with Crippen molar-refractivity contribution in [3.63, 3.8) is 0 Å². The average molecular weight is 374 g/mol. The van der Waals surface area contributed by atoms with Crippen molar-refractivity contribution in [1.82, 2.24) is 0 Å². The van der Waals surface area contributed by atoms with Crippen molar-refractivity contribution in [2.24, 2.45) is 0 Å². The molecule has 23 heavy (non-hydrogen) atoms. The van der Waals surface area contributed by atoms with Crippen LogP contribution in [0.1, 0.15) is 18.4 Å². The summed E-state index contributed by atoms with van der Waals surface area (Å²) in [5.74, 6) is 0.632. The lowest BCUT2D eigenvalue weighted by atomic mass is 9.75. The van der Waals surface area contributed by atoms with Crippen molar-refractivity contribution in [3.8, 4) is 5.75 Å². The minimum Gasteiger partial charge on any atom is -0.475 e. The maximum absolute atomic E-state index is 12.4. The molecule has 0 saturated heterocycles. The number of benzene rings is 2. The molecule has 1 N–H and O–H groups in total. The van der Waals surface area contributed by atoms with Crippen LogP contribution < -0.4 is 10.1 Å². The van der Waals surface area contributed by atoms with Crippen molar-refractivity contribution in [3.05, 3.63) is 58.6 Å². The van der Waals surface area contributed by atoms with Gasteiger partial charge in [0.15, 0.2) is 5.60 Å². The number of halogens is 1. The zero-order valence-electron chi connectivity index (χ0n) is 12.4. The molecule has 118 valence electrons. The van der Waals surface area contributed by atoms with E-state index < -0.39 is 5.60 Å². The van der Waals surface area contributed by atoms with Gasteiger partial charge in [0.05, 0.1) is 18.4 Å². The number of carbonyl (C=O) groups excluding carboxylic acids is 1. The number of amides is 1. The van der Waals surface area contributed by atoms with Gasteiger partial charge in [0, 0.05) is 17.3 Å². The summed E-state index contributed by atoms with van der Waals surface area (Å²) in [6.45, 7) is 0.561. The molecule has 0 unspecified atom stereocenters. The number of fused-ring (bicyclic) bond motifs is 1. The van der Waals surface area contributed by atoms with Gasteiger partial charge in [-0.1, -0.05) is 46.3 Å². The second-order valence-corrected chi connectivity index (χ2v) is 6.93. The first-order valence-electron chi connectivity index (χ1n) is 7.60. The first kappa shape index (κ1) is 14.7. The first-order chi connectivity index (χ1) is 11.1. The third-order valence-electron chi connectivity index (χ3n) is 4.35. The lowest BCUT2D eigenvalue weighted by Crippen LogP contribution is -2.61. The number of nitrogens with one attached hydrogen (secondary N) is 1. The molecule has 4 nitrogen and oxygen atoms in total. The molecule has 2 aromatic rings. The highest BCUT2D eigenvalue weighted by molar-refractivity contribution is 9.10. The highest BCUT2D eigenvalue weighted by Crippen LogP contribution is 2.45. The van der Waals surface area contributed by atoms with Gasteiger partial charge < -0.3 is 14.8 Å². The van der Waals surface area contributed by atoms with E-state index in [2.05, 4.69) is 21.2 Å². The van der Waals surface area contributed by atoms with Gasteiger partial charge in [-0.05, 0) is 23.8 Å². The average Bonchev–Trinajstić information content (AvgIpc) is 2.52. The van der Waals surface area contributed by atoms with Crippen LogP contribution in [0.15, 0.2) is 53.0 Å². The molecule has 1 fully saturated rings. The second kappa shape index (κ2) is 5.65. The minimum absolute atomic E-state index is 0.0506. The van der Waals surface area contributed by atoms with E-state index in [9.17, 15) is 4.79 Å².